The smallest absolute Gasteiger partial charge is 0.313 e. The van der Waals surface area contributed by atoms with E-state index in [0.717, 1.165) is 31.4 Å². The van der Waals surface area contributed by atoms with Crippen LogP contribution in [0.5, 0.6) is 0 Å². The number of carbonyl (C=O) groups is 2. The Morgan fingerprint density at radius 1 is 1.30 bits per heavy atom. The van der Waals surface area contributed by atoms with Crippen LogP contribution in [0.3, 0.4) is 0 Å². The molecule has 1 unspecified atom stereocenters. The monoisotopic (exact) mass is 315 g/mol. The number of ether oxygens (including phenoxy) is 1. The van der Waals surface area contributed by atoms with E-state index in [1.807, 2.05) is 12.3 Å². The highest BCUT2D eigenvalue weighted by Crippen LogP contribution is 2.43. The van der Waals surface area contributed by atoms with E-state index in [-0.39, 0.29) is 18.2 Å². The second kappa shape index (κ2) is 6.81. The molecule has 0 spiro atoms. The first-order valence-corrected chi connectivity index (χ1v) is 8.78. The average molecular weight is 315 g/mol. The molecule has 0 bridgehead atoms. The van der Waals surface area contributed by atoms with E-state index in [0.29, 0.717) is 18.8 Å². The van der Waals surface area contributed by atoms with Crippen LogP contribution in [0.15, 0.2) is 18.3 Å². The second-order valence-corrected chi connectivity index (χ2v) is 6.92. The van der Waals surface area contributed by atoms with Crippen LogP contribution in [0.1, 0.15) is 63.1 Å². The third-order valence-electron chi connectivity index (χ3n) is 5.35. The summed E-state index contributed by atoms with van der Waals surface area (Å²) >= 11 is 0. The zero-order chi connectivity index (χ0) is 16.3. The van der Waals surface area contributed by atoms with Gasteiger partial charge >= 0.3 is 5.97 Å². The third-order valence-corrected chi connectivity index (χ3v) is 5.35. The van der Waals surface area contributed by atoms with Gasteiger partial charge in [-0.25, -0.2) is 0 Å². The molecule has 1 atom stereocenters. The van der Waals surface area contributed by atoms with Crippen molar-refractivity contribution < 1.29 is 14.3 Å². The fraction of sp³-hybridized carbons (Fsp3) is 0.632. The van der Waals surface area contributed by atoms with Crippen molar-refractivity contribution in [1.29, 1.82) is 0 Å². The number of hydrogen-bond acceptors (Lipinski definition) is 4. The maximum absolute atomic E-state index is 12.0. The van der Waals surface area contributed by atoms with Crippen LogP contribution in [0.2, 0.25) is 0 Å². The lowest BCUT2D eigenvalue weighted by Crippen LogP contribution is -2.48. The predicted octanol–water partition coefficient (Wildman–Crippen LogP) is 3.41. The molecule has 1 aromatic heterocycles. The summed E-state index contributed by atoms with van der Waals surface area (Å²) in [6, 6.07) is 4.15. The van der Waals surface area contributed by atoms with Crippen LogP contribution < -0.4 is 0 Å². The van der Waals surface area contributed by atoms with Crippen LogP contribution in [0.4, 0.5) is 0 Å². The van der Waals surface area contributed by atoms with E-state index in [1.165, 1.54) is 18.4 Å². The molecule has 3 rings (SSSR count). The predicted molar refractivity (Wildman–Crippen MR) is 87.0 cm³/mol. The van der Waals surface area contributed by atoms with Gasteiger partial charge in [0, 0.05) is 18.3 Å². The normalized spacial score (nSPS) is 25.6. The number of nitrogens with zero attached hydrogens (tertiary/aromatic N) is 1. The minimum Gasteiger partial charge on any atom is -0.458 e. The van der Waals surface area contributed by atoms with E-state index < -0.39 is 5.60 Å². The molecule has 4 nitrogen and oxygen atoms in total. The number of hydrogen-bond donors (Lipinski definition) is 0. The highest BCUT2D eigenvalue weighted by molar-refractivity contribution is 5.98. The SMILES string of the molecule is CCc1ccnc(CCC2(C3CCCC3)CC(=O)CC(=O)O2)c1. The van der Waals surface area contributed by atoms with Crippen molar-refractivity contribution in [3.63, 3.8) is 0 Å². The standard InChI is InChI=1S/C19H25NO3/c1-2-14-8-10-20-16(11-14)7-9-19(15-5-3-4-6-15)13-17(21)12-18(22)23-19/h8,10-11,15H,2-7,9,12-13H2,1H3. The summed E-state index contributed by atoms with van der Waals surface area (Å²) in [6.07, 6.45) is 9.07. The summed E-state index contributed by atoms with van der Waals surface area (Å²) in [5.74, 6) is 0.0110. The molecule has 124 valence electrons. The first-order chi connectivity index (χ1) is 11.1. The Labute approximate surface area is 137 Å². The van der Waals surface area contributed by atoms with Gasteiger partial charge in [0.15, 0.2) is 0 Å². The summed E-state index contributed by atoms with van der Waals surface area (Å²) in [7, 11) is 0. The Morgan fingerprint density at radius 3 is 2.78 bits per heavy atom. The number of ketones is 1. The van der Waals surface area contributed by atoms with Crippen molar-refractivity contribution in [2.45, 2.75) is 70.3 Å². The lowest BCUT2D eigenvalue weighted by molar-refractivity contribution is -0.178. The van der Waals surface area contributed by atoms with Gasteiger partial charge in [0.25, 0.3) is 0 Å². The van der Waals surface area contributed by atoms with Crippen molar-refractivity contribution in [2.24, 2.45) is 5.92 Å². The van der Waals surface area contributed by atoms with E-state index >= 15 is 0 Å². The zero-order valence-electron chi connectivity index (χ0n) is 13.8. The first-order valence-electron chi connectivity index (χ1n) is 8.78. The number of aromatic nitrogens is 1. The van der Waals surface area contributed by atoms with Crippen molar-refractivity contribution in [3.8, 4) is 0 Å². The highest BCUT2D eigenvalue weighted by Gasteiger charge is 2.47. The minimum atomic E-state index is -0.590. The van der Waals surface area contributed by atoms with E-state index in [2.05, 4.69) is 18.0 Å². The zero-order valence-corrected chi connectivity index (χ0v) is 13.8. The van der Waals surface area contributed by atoms with Crippen LogP contribution in [-0.4, -0.2) is 22.3 Å². The van der Waals surface area contributed by atoms with Gasteiger partial charge in [-0.05, 0) is 55.7 Å². The number of rotatable bonds is 5. The Morgan fingerprint density at radius 2 is 2.09 bits per heavy atom. The first kappa shape index (κ1) is 16.2. The highest BCUT2D eigenvalue weighted by atomic mass is 16.6. The van der Waals surface area contributed by atoms with Gasteiger partial charge in [-0.15, -0.1) is 0 Å². The molecule has 0 aromatic carbocycles. The lowest BCUT2D eigenvalue weighted by atomic mass is 9.76. The number of pyridine rings is 1. The molecule has 23 heavy (non-hydrogen) atoms. The number of aryl methyl sites for hydroxylation is 2. The maximum Gasteiger partial charge on any atom is 0.313 e. The van der Waals surface area contributed by atoms with Crippen molar-refractivity contribution in [3.05, 3.63) is 29.6 Å². The Balaban J connectivity index is 1.78. The largest absolute Gasteiger partial charge is 0.458 e. The number of cyclic esters (lactones) is 1. The molecule has 1 saturated carbocycles. The summed E-state index contributed by atoms with van der Waals surface area (Å²) in [6.45, 7) is 2.13. The molecule has 1 saturated heterocycles. The summed E-state index contributed by atoms with van der Waals surface area (Å²) in [5, 5.41) is 0. The number of Topliss-reactive ketones (excluding diaryl/α,β-unsaturated/α-hetero) is 1. The van der Waals surface area contributed by atoms with E-state index in [9.17, 15) is 9.59 Å². The molecule has 2 aliphatic rings. The molecule has 1 aromatic rings. The van der Waals surface area contributed by atoms with Gasteiger partial charge in [0.05, 0.1) is 0 Å². The Hall–Kier alpha value is -1.71. The van der Waals surface area contributed by atoms with Gasteiger partial charge < -0.3 is 4.74 Å². The van der Waals surface area contributed by atoms with Crippen LogP contribution in [0.25, 0.3) is 0 Å². The van der Waals surface area contributed by atoms with E-state index in [4.69, 9.17) is 4.74 Å². The van der Waals surface area contributed by atoms with Crippen LogP contribution in [-0.2, 0) is 27.2 Å². The molecule has 0 radical (unpaired) electrons. The molecule has 1 aliphatic heterocycles. The van der Waals surface area contributed by atoms with Crippen molar-refractivity contribution in [2.75, 3.05) is 0 Å². The lowest BCUT2D eigenvalue weighted by Gasteiger charge is -2.41. The van der Waals surface area contributed by atoms with Gasteiger partial charge in [0.1, 0.15) is 17.8 Å². The fourth-order valence-electron chi connectivity index (χ4n) is 4.10. The Bertz CT molecular complexity index is 574. The Kier molecular flexibility index (Phi) is 4.79. The number of carbonyl (C=O) groups excluding carboxylic acids is 2. The minimum absolute atomic E-state index is 0.0309. The third kappa shape index (κ3) is 3.62. The average Bonchev–Trinajstić information content (AvgIpc) is 3.07. The fourth-order valence-corrected chi connectivity index (χ4v) is 4.10. The van der Waals surface area contributed by atoms with Gasteiger partial charge in [-0.2, -0.15) is 0 Å². The molecular formula is C19H25NO3. The molecule has 4 heteroatoms. The van der Waals surface area contributed by atoms with Crippen molar-refractivity contribution in [1.82, 2.24) is 4.98 Å². The molecule has 0 N–H and O–H groups in total. The van der Waals surface area contributed by atoms with E-state index in [1.54, 1.807) is 0 Å². The van der Waals surface area contributed by atoms with Gasteiger partial charge in [0.2, 0.25) is 0 Å². The van der Waals surface area contributed by atoms with Gasteiger partial charge in [-0.1, -0.05) is 19.8 Å². The van der Waals surface area contributed by atoms with Crippen molar-refractivity contribution >= 4 is 11.8 Å². The molecule has 2 fully saturated rings. The maximum atomic E-state index is 12.0. The van der Waals surface area contributed by atoms with Crippen LogP contribution in [0, 0.1) is 5.92 Å². The topological polar surface area (TPSA) is 56.3 Å². The molecule has 1 aliphatic carbocycles. The molecule has 0 amide bonds. The summed E-state index contributed by atoms with van der Waals surface area (Å²) in [5.41, 5.74) is 1.70. The van der Waals surface area contributed by atoms with Crippen LogP contribution >= 0.6 is 0 Å². The second-order valence-electron chi connectivity index (χ2n) is 6.92. The molecular weight excluding hydrogens is 290 g/mol. The molecule has 2 heterocycles. The summed E-state index contributed by atoms with van der Waals surface area (Å²) < 4.78 is 5.82. The summed E-state index contributed by atoms with van der Waals surface area (Å²) in [4.78, 5) is 28.4. The van der Waals surface area contributed by atoms with Gasteiger partial charge in [-0.3, -0.25) is 14.6 Å². The quantitative estimate of drug-likeness (QED) is 0.617. The number of esters is 1.